The molecule has 1 N–H and O–H groups in total. The Balaban J connectivity index is 2.10. The van der Waals surface area contributed by atoms with E-state index in [4.69, 9.17) is 9.72 Å². The summed E-state index contributed by atoms with van der Waals surface area (Å²) < 4.78 is 5.53. The van der Waals surface area contributed by atoms with Crippen molar-refractivity contribution in [3.8, 4) is 0 Å². The Morgan fingerprint density at radius 3 is 3.10 bits per heavy atom. The van der Waals surface area contributed by atoms with Crippen molar-refractivity contribution < 1.29 is 4.74 Å². The highest BCUT2D eigenvalue weighted by atomic mass is 32.1. The molecule has 2 aromatic rings. The number of anilines is 2. The smallest absolute Gasteiger partial charge is 0.226 e. The molecule has 0 saturated carbocycles. The topological polar surface area (TPSA) is 50.3 Å². The Bertz CT molecular complexity index is 612. The van der Waals surface area contributed by atoms with Crippen LogP contribution in [0, 0.1) is 6.92 Å². The van der Waals surface area contributed by atoms with Gasteiger partial charge in [0.25, 0.3) is 0 Å². The summed E-state index contributed by atoms with van der Waals surface area (Å²) >= 11 is 1.72. The first kappa shape index (κ1) is 13.6. The average molecular weight is 292 g/mol. The monoisotopic (exact) mass is 292 g/mol. The highest BCUT2D eigenvalue weighted by molar-refractivity contribution is 7.18. The van der Waals surface area contributed by atoms with Gasteiger partial charge in [-0.3, -0.25) is 0 Å². The number of aromatic nitrogens is 2. The van der Waals surface area contributed by atoms with Crippen LogP contribution < -0.4 is 10.2 Å². The summed E-state index contributed by atoms with van der Waals surface area (Å²) in [5, 5.41) is 4.39. The van der Waals surface area contributed by atoms with Gasteiger partial charge in [-0.05, 0) is 26.8 Å². The van der Waals surface area contributed by atoms with Gasteiger partial charge in [-0.25, -0.2) is 4.98 Å². The zero-order valence-electron chi connectivity index (χ0n) is 12.1. The van der Waals surface area contributed by atoms with Crippen LogP contribution in [-0.4, -0.2) is 42.3 Å². The first-order valence-corrected chi connectivity index (χ1v) is 7.87. The van der Waals surface area contributed by atoms with Gasteiger partial charge in [0.1, 0.15) is 10.6 Å². The second kappa shape index (κ2) is 5.54. The van der Waals surface area contributed by atoms with Crippen LogP contribution in [0.5, 0.6) is 0 Å². The molecule has 0 bridgehead atoms. The lowest BCUT2D eigenvalue weighted by Gasteiger charge is -2.34. The number of hydrogen-bond donors (Lipinski definition) is 1. The predicted octanol–water partition coefficient (Wildman–Crippen LogP) is 2.66. The third kappa shape index (κ3) is 2.45. The van der Waals surface area contributed by atoms with Crippen LogP contribution in [0.2, 0.25) is 0 Å². The molecule has 0 amide bonds. The van der Waals surface area contributed by atoms with E-state index in [1.165, 1.54) is 4.88 Å². The Kier molecular flexibility index (Phi) is 3.76. The van der Waals surface area contributed by atoms with E-state index in [0.29, 0.717) is 6.04 Å². The maximum Gasteiger partial charge on any atom is 0.226 e. The third-order valence-electron chi connectivity index (χ3n) is 3.47. The minimum atomic E-state index is 0.344. The highest BCUT2D eigenvalue weighted by Crippen LogP contribution is 2.33. The van der Waals surface area contributed by atoms with Crippen molar-refractivity contribution in [2.75, 3.05) is 36.5 Å². The van der Waals surface area contributed by atoms with Crippen molar-refractivity contribution >= 4 is 33.3 Å². The van der Waals surface area contributed by atoms with Gasteiger partial charge in [-0.2, -0.15) is 4.98 Å². The molecule has 6 heteroatoms. The first-order chi connectivity index (χ1) is 9.69. The lowest BCUT2D eigenvalue weighted by molar-refractivity contribution is 0.0987. The van der Waals surface area contributed by atoms with Crippen molar-refractivity contribution in [1.29, 1.82) is 0 Å². The van der Waals surface area contributed by atoms with Crippen LogP contribution in [0.25, 0.3) is 10.2 Å². The highest BCUT2D eigenvalue weighted by Gasteiger charge is 2.23. The quantitative estimate of drug-likeness (QED) is 0.942. The fourth-order valence-corrected chi connectivity index (χ4v) is 3.40. The molecule has 1 atom stereocenters. The van der Waals surface area contributed by atoms with Gasteiger partial charge in [-0.15, -0.1) is 11.3 Å². The number of nitrogens with one attached hydrogen (secondary N) is 1. The van der Waals surface area contributed by atoms with Crippen LogP contribution >= 0.6 is 11.3 Å². The normalized spacial score (nSPS) is 19.6. The fourth-order valence-electron chi connectivity index (χ4n) is 2.52. The van der Waals surface area contributed by atoms with Crippen molar-refractivity contribution in [2.45, 2.75) is 26.8 Å². The molecule has 0 aliphatic carbocycles. The molecule has 0 spiro atoms. The van der Waals surface area contributed by atoms with Crippen molar-refractivity contribution in [3.63, 3.8) is 0 Å². The molecule has 1 fully saturated rings. The van der Waals surface area contributed by atoms with Gasteiger partial charge in [-0.1, -0.05) is 0 Å². The molecule has 1 saturated heterocycles. The van der Waals surface area contributed by atoms with Gasteiger partial charge >= 0.3 is 0 Å². The summed E-state index contributed by atoms with van der Waals surface area (Å²) in [6.07, 6.45) is 0. The molecule has 1 aliphatic heterocycles. The maximum atomic E-state index is 5.53. The lowest BCUT2D eigenvalue weighted by atomic mass is 10.2. The molecule has 1 aliphatic rings. The van der Waals surface area contributed by atoms with Crippen molar-refractivity contribution in [2.24, 2.45) is 0 Å². The Morgan fingerprint density at radius 2 is 2.35 bits per heavy atom. The van der Waals surface area contributed by atoms with E-state index in [9.17, 15) is 0 Å². The Hall–Kier alpha value is -1.40. The second-order valence-corrected chi connectivity index (χ2v) is 6.33. The van der Waals surface area contributed by atoms with Crippen molar-refractivity contribution in [3.05, 3.63) is 10.9 Å². The molecule has 2 aromatic heterocycles. The fraction of sp³-hybridized carbons (Fsp3) is 0.571. The molecular weight excluding hydrogens is 272 g/mol. The number of rotatable bonds is 3. The van der Waals surface area contributed by atoms with Crippen molar-refractivity contribution in [1.82, 2.24) is 9.97 Å². The average Bonchev–Trinajstić information content (AvgIpc) is 2.79. The van der Waals surface area contributed by atoms with Gasteiger partial charge in [0.15, 0.2) is 0 Å². The molecule has 0 aromatic carbocycles. The minimum absolute atomic E-state index is 0.344. The van der Waals surface area contributed by atoms with E-state index < -0.39 is 0 Å². The predicted molar refractivity (Wildman–Crippen MR) is 83.9 cm³/mol. The SMILES string of the molecule is CCNc1nc(N2CCOCC2C)c2cc(C)sc2n1. The zero-order chi connectivity index (χ0) is 14.1. The molecule has 0 radical (unpaired) electrons. The number of ether oxygens (including phenoxy) is 1. The van der Waals surface area contributed by atoms with E-state index in [0.717, 1.165) is 48.3 Å². The molecule has 5 nitrogen and oxygen atoms in total. The summed E-state index contributed by atoms with van der Waals surface area (Å²) in [6, 6.07) is 2.53. The van der Waals surface area contributed by atoms with E-state index >= 15 is 0 Å². The molecule has 3 heterocycles. The molecular formula is C14H20N4OS. The third-order valence-corrected chi connectivity index (χ3v) is 4.41. The zero-order valence-corrected chi connectivity index (χ0v) is 13.0. The van der Waals surface area contributed by atoms with Gasteiger partial charge < -0.3 is 15.0 Å². The first-order valence-electron chi connectivity index (χ1n) is 7.05. The summed E-state index contributed by atoms with van der Waals surface area (Å²) in [5.74, 6) is 1.75. The Labute approximate surface area is 123 Å². The summed E-state index contributed by atoms with van der Waals surface area (Å²) in [5.41, 5.74) is 0. The number of morpholine rings is 1. The van der Waals surface area contributed by atoms with E-state index in [1.807, 2.05) is 0 Å². The van der Waals surface area contributed by atoms with Gasteiger partial charge in [0.05, 0.1) is 24.6 Å². The molecule has 20 heavy (non-hydrogen) atoms. The van der Waals surface area contributed by atoms with Crippen LogP contribution in [0.1, 0.15) is 18.7 Å². The van der Waals surface area contributed by atoms with E-state index in [2.05, 4.69) is 42.0 Å². The van der Waals surface area contributed by atoms with Crippen LogP contribution in [-0.2, 0) is 4.74 Å². The minimum Gasteiger partial charge on any atom is -0.377 e. The van der Waals surface area contributed by atoms with Crippen LogP contribution in [0.4, 0.5) is 11.8 Å². The van der Waals surface area contributed by atoms with E-state index in [-0.39, 0.29) is 0 Å². The van der Waals surface area contributed by atoms with Gasteiger partial charge in [0, 0.05) is 18.0 Å². The van der Waals surface area contributed by atoms with Crippen LogP contribution in [0.3, 0.4) is 0 Å². The number of thiophene rings is 1. The van der Waals surface area contributed by atoms with Crippen LogP contribution in [0.15, 0.2) is 6.07 Å². The number of aryl methyl sites for hydroxylation is 1. The summed E-state index contributed by atoms with van der Waals surface area (Å²) in [4.78, 5) is 14.0. The maximum absolute atomic E-state index is 5.53. The lowest BCUT2D eigenvalue weighted by Crippen LogP contribution is -2.44. The summed E-state index contributed by atoms with van der Waals surface area (Å²) in [7, 11) is 0. The summed E-state index contributed by atoms with van der Waals surface area (Å²) in [6.45, 7) is 9.58. The molecule has 3 rings (SSSR count). The largest absolute Gasteiger partial charge is 0.377 e. The number of nitrogens with zero attached hydrogens (tertiary/aromatic N) is 3. The van der Waals surface area contributed by atoms with E-state index in [1.54, 1.807) is 11.3 Å². The number of fused-ring (bicyclic) bond motifs is 1. The second-order valence-electron chi connectivity index (χ2n) is 5.09. The van der Waals surface area contributed by atoms with Gasteiger partial charge in [0.2, 0.25) is 5.95 Å². The molecule has 1 unspecified atom stereocenters. The Morgan fingerprint density at radius 1 is 1.50 bits per heavy atom. The number of hydrogen-bond acceptors (Lipinski definition) is 6. The molecule has 108 valence electrons. The standard InChI is InChI=1S/C14H20N4OS/c1-4-15-14-16-12(18-5-6-19-8-9(18)2)11-7-10(3)20-13(11)17-14/h7,9H,4-6,8H2,1-3H3,(H,15,16,17).